The zero-order valence-electron chi connectivity index (χ0n) is 9.77. The number of hydrogen-bond acceptors (Lipinski definition) is 3. The molecule has 0 aromatic heterocycles. The Labute approximate surface area is 109 Å². The SMILES string of the molecule is COc1cc(N2CCCC2=O)c(Cl)cc1C(=O)O. The second-order valence-electron chi connectivity index (χ2n) is 3.96. The van der Waals surface area contributed by atoms with Gasteiger partial charge in [-0.3, -0.25) is 4.79 Å². The summed E-state index contributed by atoms with van der Waals surface area (Å²) in [6.07, 6.45) is 1.26. The van der Waals surface area contributed by atoms with Crippen molar-refractivity contribution in [3.05, 3.63) is 22.7 Å². The largest absolute Gasteiger partial charge is 0.496 e. The first-order valence-corrected chi connectivity index (χ1v) is 5.83. The van der Waals surface area contributed by atoms with E-state index in [1.165, 1.54) is 19.2 Å². The maximum Gasteiger partial charge on any atom is 0.339 e. The minimum Gasteiger partial charge on any atom is -0.496 e. The van der Waals surface area contributed by atoms with Gasteiger partial charge < -0.3 is 14.7 Å². The molecule has 1 aliphatic rings. The molecule has 1 aliphatic heterocycles. The first kappa shape index (κ1) is 12.7. The summed E-state index contributed by atoms with van der Waals surface area (Å²) in [5, 5.41) is 9.25. The predicted molar refractivity (Wildman–Crippen MR) is 66.6 cm³/mol. The van der Waals surface area contributed by atoms with Gasteiger partial charge in [-0.1, -0.05) is 11.6 Å². The number of methoxy groups -OCH3 is 1. The van der Waals surface area contributed by atoms with E-state index in [4.69, 9.17) is 21.4 Å². The monoisotopic (exact) mass is 269 g/mol. The number of rotatable bonds is 3. The highest BCUT2D eigenvalue weighted by Crippen LogP contribution is 2.35. The van der Waals surface area contributed by atoms with Crippen molar-refractivity contribution in [3.8, 4) is 5.75 Å². The van der Waals surface area contributed by atoms with Gasteiger partial charge in [-0.15, -0.1) is 0 Å². The second-order valence-corrected chi connectivity index (χ2v) is 4.37. The lowest BCUT2D eigenvalue weighted by molar-refractivity contribution is -0.117. The van der Waals surface area contributed by atoms with Crippen LogP contribution in [-0.2, 0) is 4.79 Å². The van der Waals surface area contributed by atoms with Gasteiger partial charge in [-0.25, -0.2) is 4.79 Å². The molecule has 0 atom stereocenters. The Morgan fingerprint density at radius 2 is 2.22 bits per heavy atom. The average Bonchev–Trinajstić information content (AvgIpc) is 2.75. The zero-order chi connectivity index (χ0) is 13.3. The van der Waals surface area contributed by atoms with Crippen molar-refractivity contribution in [3.63, 3.8) is 0 Å². The fourth-order valence-corrected chi connectivity index (χ4v) is 2.25. The van der Waals surface area contributed by atoms with Gasteiger partial charge in [0.15, 0.2) is 0 Å². The number of carboxylic acid groups (broad SMARTS) is 1. The van der Waals surface area contributed by atoms with E-state index in [0.717, 1.165) is 6.42 Å². The summed E-state index contributed by atoms with van der Waals surface area (Å²) in [5.41, 5.74) is 0.485. The maximum atomic E-state index is 11.7. The minimum absolute atomic E-state index is 0.0120. The summed E-state index contributed by atoms with van der Waals surface area (Å²) in [4.78, 5) is 24.2. The lowest BCUT2D eigenvalue weighted by Gasteiger charge is -2.19. The van der Waals surface area contributed by atoms with Gasteiger partial charge in [-0.05, 0) is 12.5 Å². The fourth-order valence-electron chi connectivity index (χ4n) is 1.99. The van der Waals surface area contributed by atoms with Gasteiger partial charge >= 0.3 is 5.97 Å². The summed E-state index contributed by atoms with van der Waals surface area (Å²) < 4.78 is 5.02. The van der Waals surface area contributed by atoms with E-state index < -0.39 is 5.97 Å². The van der Waals surface area contributed by atoms with E-state index in [-0.39, 0.29) is 22.2 Å². The van der Waals surface area contributed by atoms with E-state index in [1.807, 2.05) is 0 Å². The zero-order valence-corrected chi connectivity index (χ0v) is 10.5. The van der Waals surface area contributed by atoms with Gasteiger partial charge in [0.2, 0.25) is 5.91 Å². The van der Waals surface area contributed by atoms with Crippen LogP contribution in [-0.4, -0.2) is 30.6 Å². The molecule has 18 heavy (non-hydrogen) atoms. The van der Waals surface area contributed by atoms with Crippen LogP contribution in [0.5, 0.6) is 5.75 Å². The van der Waals surface area contributed by atoms with Gasteiger partial charge in [0.25, 0.3) is 0 Å². The van der Waals surface area contributed by atoms with Gasteiger partial charge in [0, 0.05) is 19.0 Å². The summed E-state index contributed by atoms with van der Waals surface area (Å²) >= 11 is 6.03. The summed E-state index contributed by atoms with van der Waals surface area (Å²) in [7, 11) is 1.38. The summed E-state index contributed by atoms with van der Waals surface area (Å²) in [5.74, 6) is -0.934. The third-order valence-corrected chi connectivity index (χ3v) is 3.17. The van der Waals surface area contributed by atoms with Crippen molar-refractivity contribution in [2.24, 2.45) is 0 Å². The molecule has 6 heteroatoms. The standard InChI is InChI=1S/C12H12ClNO4/c1-18-10-6-9(14-4-2-3-11(14)15)8(13)5-7(10)12(16)17/h5-6H,2-4H2,1H3,(H,16,17). The lowest BCUT2D eigenvalue weighted by atomic mass is 10.1. The van der Waals surface area contributed by atoms with Crippen molar-refractivity contribution < 1.29 is 19.4 Å². The molecule has 96 valence electrons. The van der Waals surface area contributed by atoms with Crippen molar-refractivity contribution in [1.29, 1.82) is 0 Å². The molecule has 5 nitrogen and oxygen atoms in total. The number of carbonyl (C=O) groups is 2. The Kier molecular flexibility index (Phi) is 3.43. The molecule has 0 spiro atoms. The molecule has 1 aromatic carbocycles. The molecule has 0 radical (unpaired) electrons. The number of ether oxygens (including phenoxy) is 1. The number of aromatic carboxylic acids is 1. The molecule has 1 fully saturated rings. The Hall–Kier alpha value is -1.75. The molecule has 0 unspecified atom stereocenters. The van der Waals surface area contributed by atoms with Crippen LogP contribution < -0.4 is 9.64 Å². The van der Waals surface area contributed by atoms with Crippen LogP contribution in [0.2, 0.25) is 5.02 Å². The highest BCUT2D eigenvalue weighted by molar-refractivity contribution is 6.34. The number of nitrogens with zero attached hydrogens (tertiary/aromatic N) is 1. The number of amides is 1. The summed E-state index contributed by atoms with van der Waals surface area (Å²) in [6, 6.07) is 2.80. The Bertz CT molecular complexity index is 515. The molecular formula is C12H12ClNO4. The quantitative estimate of drug-likeness (QED) is 0.913. The third kappa shape index (κ3) is 2.13. The van der Waals surface area contributed by atoms with Crippen LogP contribution >= 0.6 is 11.6 Å². The van der Waals surface area contributed by atoms with E-state index in [2.05, 4.69) is 0 Å². The minimum atomic E-state index is -1.12. The van der Waals surface area contributed by atoms with Gasteiger partial charge in [0.05, 0.1) is 17.8 Å². The number of carbonyl (C=O) groups excluding carboxylic acids is 1. The fraction of sp³-hybridized carbons (Fsp3) is 0.333. The van der Waals surface area contributed by atoms with Crippen molar-refractivity contribution >= 4 is 29.2 Å². The van der Waals surface area contributed by atoms with E-state index in [1.54, 1.807) is 4.90 Å². The second kappa shape index (κ2) is 4.86. The molecule has 1 amide bonds. The molecule has 1 heterocycles. The Morgan fingerprint density at radius 1 is 1.50 bits per heavy atom. The van der Waals surface area contributed by atoms with Crippen LogP contribution in [0.3, 0.4) is 0 Å². The smallest absolute Gasteiger partial charge is 0.339 e. The van der Waals surface area contributed by atoms with Crippen LogP contribution in [0.25, 0.3) is 0 Å². The maximum absolute atomic E-state index is 11.7. The molecular weight excluding hydrogens is 258 g/mol. The van der Waals surface area contributed by atoms with Crippen molar-refractivity contribution in [2.45, 2.75) is 12.8 Å². The number of hydrogen-bond donors (Lipinski definition) is 1. The van der Waals surface area contributed by atoms with Crippen LogP contribution in [0, 0.1) is 0 Å². The Balaban J connectivity index is 2.49. The van der Waals surface area contributed by atoms with Crippen LogP contribution in [0.4, 0.5) is 5.69 Å². The third-order valence-electron chi connectivity index (χ3n) is 2.86. The van der Waals surface area contributed by atoms with Crippen molar-refractivity contribution in [1.82, 2.24) is 0 Å². The van der Waals surface area contributed by atoms with Crippen LogP contribution in [0.15, 0.2) is 12.1 Å². The number of halogens is 1. The molecule has 1 saturated heterocycles. The first-order chi connectivity index (χ1) is 8.54. The lowest BCUT2D eigenvalue weighted by Crippen LogP contribution is -2.24. The molecule has 0 bridgehead atoms. The molecule has 2 rings (SSSR count). The summed E-state index contributed by atoms with van der Waals surface area (Å²) in [6.45, 7) is 0.591. The first-order valence-electron chi connectivity index (χ1n) is 5.45. The normalized spacial score (nSPS) is 15.0. The molecule has 0 saturated carbocycles. The number of anilines is 1. The molecule has 1 N–H and O–H groups in total. The van der Waals surface area contributed by atoms with E-state index in [0.29, 0.717) is 18.7 Å². The van der Waals surface area contributed by atoms with Crippen LogP contribution in [0.1, 0.15) is 23.2 Å². The topological polar surface area (TPSA) is 66.8 Å². The highest BCUT2D eigenvalue weighted by Gasteiger charge is 2.25. The van der Waals surface area contributed by atoms with E-state index in [9.17, 15) is 9.59 Å². The Morgan fingerprint density at radius 3 is 2.72 bits per heavy atom. The van der Waals surface area contributed by atoms with Gasteiger partial charge in [0.1, 0.15) is 11.3 Å². The highest BCUT2D eigenvalue weighted by atomic mass is 35.5. The number of carboxylic acids is 1. The van der Waals surface area contributed by atoms with Crippen molar-refractivity contribution in [2.75, 3.05) is 18.6 Å². The molecule has 1 aromatic rings. The predicted octanol–water partition coefficient (Wildman–Crippen LogP) is 2.17. The molecule has 0 aliphatic carbocycles. The number of benzene rings is 1. The van der Waals surface area contributed by atoms with Gasteiger partial charge in [-0.2, -0.15) is 0 Å². The average molecular weight is 270 g/mol. The van der Waals surface area contributed by atoms with E-state index >= 15 is 0 Å².